The van der Waals surface area contributed by atoms with Gasteiger partial charge in [-0.3, -0.25) is 0 Å². The molecule has 0 heterocycles. The van der Waals surface area contributed by atoms with Crippen LogP contribution in [0.3, 0.4) is 0 Å². The molecule has 2 N–H and O–H groups in total. The third kappa shape index (κ3) is 5.92. The predicted octanol–water partition coefficient (Wildman–Crippen LogP) is 3.14. The summed E-state index contributed by atoms with van der Waals surface area (Å²) in [6, 6.07) is 9.69. The zero-order valence-electron chi connectivity index (χ0n) is 10.9. The van der Waals surface area contributed by atoms with E-state index < -0.39 is 0 Å². The molecule has 1 aromatic carbocycles. The second-order valence-corrected chi connectivity index (χ2v) is 5.10. The lowest BCUT2D eigenvalue weighted by Crippen LogP contribution is -2.43. The fourth-order valence-electron chi connectivity index (χ4n) is 1.74. The zero-order chi connectivity index (χ0) is 13.4. The van der Waals surface area contributed by atoms with Crippen molar-refractivity contribution in [3.63, 3.8) is 0 Å². The Kier molecular flexibility index (Phi) is 6.58. The molecule has 0 aromatic heterocycles. The molecule has 0 saturated carbocycles. The number of nitrogens with one attached hydrogen (secondary N) is 2. The Morgan fingerprint density at radius 2 is 1.94 bits per heavy atom. The van der Waals surface area contributed by atoms with E-state index in [2.05, 4.69) is 24.5 Å². The van der Waals surface area contributed by atoms with Crippen LogP contribution in [-0.4, -0.2) is 18.0 Å². The van der Waals surface area contributed by atoms with Gasteiger partial charge < -0.3 is 10.6 Å². The highest BCUT2D eigenvalue weighted by Crippen LogP contribution is 2.06. The van der Waals surface area contributed by atoms with E-state index in [1.165, 1.54) is 0 Å². The number of carbonyl (C=O) groups excluding carboxylic acids is 1. The lowest BCUT2D eigenvalue weighted by molar-refractivity contribution is 0.236. The van der Waals surface area contributed by atoms with Gasteiger partial charge in [-0.05, 0) is 17.9 Å². The maximum absolute atomic E-state index is 11.7. The second-order valence-electron chi connectivity index (χ2n) is 4.79. The summed E-state index contributed by atoms with van der Waals surface area (Å²) in [6.45, 7) is 4.76. The molecule has 0 bridgehead atoms. The van der Waals surface area contributed by atoms with Gasteiger partial charge in [-0.2, -0.15) is 0 Å². The number of rotatable bonds is 6. The Hall–Kier alpha value is -1.22. The van der Waals surface area contributed by atoms with Crippen molar-refractivity contribution >= 4 is 17.6 Å². The predicted molar refractivity (Wildman–Crippen MR) is 75.8 cm³/mol. The quantitative estimate of drug-likeness (QED) is 0.765. The monoisotopic (exact) mass is 268 g/mol. The van der Waals surface area contributed by atoms with Gasteiger partial charge in [-0.1, -0.05) is 44.2 Å². The number of hydrogen-bond donors (Lipinski definition) is 2. The highest BCUT2D eigenvalue weighted by atomic mass is 35.5. The zero-order valence-corrected chi connectivity index (χ0v) is 11.7. The van der Waals surface area contributed by atoms with Crippen LogP contribution >= 0.6 is 11.6 Å². The number of benzene rings is 1. The summed E-state index contributed by atoms with van der Waals surface area (Å²) in [5.74, 6) is 0.958. The summed E-state index contributed by atoms with van der Waals surface area (Å²) in [5, 5.41) is 5.71. The molecule has 3 nitrogen and oxygen atoms in total. The van der Waals surface area contributed by atoms with Crippen molar-refractivity contribution in [3.05, 3.63) is 35.9 Å². The fraction of sp³-hybridized carbons (Fsp3) is 0.500. The van der Waals surface area contributed by atoms with Gasteiger partial charge in [0.05, 0.1) is 0 Å². The van der Waals surface area contributed by atoms with Gasteiger partial charge in [0.15, 0.2) is 0 Å². The molecular weight excluding hydrogens is 248 g/mol. The number of carbonyl (C=O) groups is 1. The first-order valence-electron chi connectivity index (χ1n) is 6.26. The Morgan fingerprint density at radius 3 is 2.50 bits per heavy atom. The third-order valence-corrected chi connectivity index (χ3v) is 2.95. The van der Waals surface area contributed by atoms with Gasteiger partial charge in [0, 0.05) is 18.5 Å². The topological polar surface area (TPSA) is 41.1 Å². The molecule has 18 heavy (non-hydrogen) atoms. The van der Waals surface area contributed by atoms with Crippen molar-refractivity contribution in [2.45, 2.75) is 32.9 Å². The van der Waals surface area contributed by atoms with Crippen molar-refractivity contribution in [1.29, 1.82) is 0 Å². The minimum absolute atomic E-state index is 0.0300. The standard InChI is InChI=1S/C14H21ClN2O/c1-11(2)8-13(9-15)17-14(18)16-10-12-6-4-3-5-7-12/h3-7,11,13H,8-10H2,1-2H3,(H2,16,17,18). The number of halogens is 1. The van der Waals surface area contributed by atoms with Crippen molar-refractivity contribution < 1.29 is 4.79 Å². The molecule has 1 unspecified atom stereocenters. The first kappa shape index (κ1) is 14.8. The summed E-state index contributed by atoms with van der Waals surface area (Å²) >= 11 is 5.83. The van der Waals surface area contributed by atoms with Gasteiger partial charge in [0.1, 0.15) is 0 Å². The molecule has 0 radical (unpaired) electrons. The van der Waals surface area contributed by atoms with Gasteiger partial charge in [0.25, 0.3) is 0 Å². The molecule has 0 saturated heterocycles. The average molecular weight is 269 g/mol. The number of alkyl halides is 1. The summed E-state index contributed by atoms with van der Waals surface area (Å²) in [5.41, 5.74) is 1.08. The Morgan fingerprint density at radius 1 is 1.28 bits per heavy atom. The molecule has 0 aliphatic heterocycles. The molecule has 2 amide bonds. The summed E-state index contributed by atoms with van der Waals surface area (Å²) in [4.78, 5) is 11.7. The number of urea groups is 1. The number of hydrogen-bond acceptors (Lipinski definition) is 1. The molecule has 4 heteroatoms. The largest absolute Gasteiger partial charge is 0.334 e. The first-order chi connectivity index (χ1) is 8.61. The van der Waals surface area contributed by atoms with Crippen LogP contribution in [0.4, 0.5) is 4.79 Å². The normalized spacial score (nSPS) is 12.2. The van der Waals surface area contributed by atoms with Gasteiger partial charge in [-0.25, -0.2) is 4.79 Å². The molecule has 1 rings (SSSR count). The summed E-state index contributed by atoms with van der Waals surface area (Å²) in [7, 11) is 0. The highest BCUT2D eigenvalue weighted by molar-refractivity contribution is 6.18. The van der Waals surface area contributed by atoms with E-state index >= 15 is 0 Å². The van der Waals surface area contributed by atoms with Crippen LogP contribution in [0.2, 0.25) is 0 Å². The number of amides is 2. The van der Waals surface area contributed by atoms with E-state index in [-0.39, 0.29) is 12.1 Å². The second kappa shape index (κ2) is 7.98. The third-order valence-electron chi connectivity index (χ3n) is 2.57. The van der Waals surface area contributed by atoms with E-state index in [0.29, 0.717) is 18.3 Å². The lowest BCUT2D eigenvalue weighted by Gasteiger charge is -2.18. The van der Waals surface area contributed by atoms with Gasteiger partial charge in [-0.15, -0.1) is 11.6 Å². The maximum Gasteiger partial charge on any atom is 0.315 e. The van der Waals surface area contributed by atoms with E-state index in [1.54, 1.807) is 0 Å². The molecule has 1 aromatic rings. The highest BCUT2D eigenvalue weighted by Gasteiger charge is 2.12. The molecule has 0 aliphatic rings. The van der Waals surface area contributed by atoms with Crippen LogP contribution in [0.15, 0.2) is 30.3 Å². The Balaban J connectivity index is 2.32. The molecule has 1 atom stereocenters. The van der Waals surface area contributed by atoms with Crippen LogP contribution in [0, 0.1) is 5.92 Å². The van der Waals surface area contributed by atoms with Crippen LogP contribution in [0.5, 0.6) is 0 Å². The smallest absolute Gasteiger partial charge is 0.315 e. The SMILES string of the molecule is CC(C)CC(CCl)NC(=O)NCc1ccccc1. The molecule has 0 spiro atoms. The Bertz CT molecular complexity index is 354. The Labute approximate surface area is 114 Å². The van der Waals surface area contributed by atoms with Crippen LogP contribution in [0.1, 0.15) is 25.8 Å². The van der Waals surface area contributed by atoms with Crippen LogP contribution in [0.25, 0.3) is 0 Å². The van der Waals surface area contributed by atoms with E-state index in [4.69, 9.17) is 11.6 Å². The van der Waals surface area contributed by atoms with Crippen LogP contribution in [-0.2, 0) is 6.54 Å². The maximum atomic E-state index is 11.7. The van der Waals surface area contributed by atoms with Gasteiger partial charge >= 0.3 is 6.03 Å². The van der Waals surface area contributed by atoms with E-state index in [0.717, 1.165) is 12.0 Å². The summed E-state index contributed by atoms with van der Waals surface area (Å²) in [6.07, 6.45) is 0.891. The first-order valence-corrected chi connectivity index (χ1v) is 6.79. The van der Waals surface area contributed by atoms with E-state index in [9.17, 15) is 4.79 Å². The lowest BCUT2D eigenvalue weighted by atomic mass is 10.1. The van der Waals surface area contributed by atoms with Crippen molar-refractivity contribution in [2.24, 2.45) is 5.92 Å². The fourth-order valence-corrected chi connectivity index (χ4v) is 1.95. The molecular formula is C14H21ClN2O. The van der Waals surface area contributed by atoms with Crippen LogP contribution < -0.4 is 10.6 Å². The van der Waals surface area contributed by atoms with Crippen molar-refractivity contribution in [2.75, 3.05) is 5.88 Å². The molecule has 100 valence electrons. The molecule has 0 fully saturated rings. The van der Waals surface area contributed by atoms with Crippen molar-refractivity contribution in [3.8, 4) is 0 Å². The molecule has 0 aliphatic carbocycles. The van der Waals surface area contributed by atoms with Gasteiger partial charge in [0.2, 0.25) is 0 Å². The average Bonchev–Trinajstić information content (AvgIpc) is 2.36. The van der Waals surface area contributed by atoms with E-state index in [1.807, 2.05) is 30.3 Å². The summed E-state index contributed by atoms with van der Waals surface area (Å²) < 4.78 is 0. The minimum atomic E-state index is -0.162. The van der Waals surface area contributed by atoms with Crippen molar-refractivity contribution in [1.82, 2.24) is 10.6 Å². The minimum Gasteiger partial charge on any atom is -0.334 e.